The van der Waals surface area contributed by atoms with Gasteiger partial charge in [-0.25, -0.2) is 4.79 Å². The zero-order valence-electron chi connectivity index (χ0n) is 18.4. The molecule has 0 unspecified atom stereocenters. The average Bonchev–Trinajstić information content (AvgIpc) is 3.21. The Hall–Kier alpha value is -1.85. The molecule has 4 atom stereocenters. The number of likely N-dealkylation sites (tertiary alicyclic amines) is 1. The number of carbonyl (C=O) groups is 4. The van der Waals surface area contributed by atoms with Gasteiger partial charge in [-0.2, -0.15) is 12.6 Å². The maximum atomic E-state index is 13.0. The molecular formula is C20H37N5O5S. The van der Waals surface area contributed by atoms with E-state index >= 15 is 0 Å². The number of thiol groups is 1. The summed E-state index contributed by atoms with van der Waals surface area (Å²) in [7, 11) is 0. The molecule has 0 aromatic carbocycles. The second kappa shape index (κ2) is 13.5. The van der Waals surface area contributed by atoms with E-state index in [0.29, 0.717) is 45.2 Å². The standard InChI is InChI=1S/C20H37N5O5S/c1-12(2)16(22)19(28)25-10-5-7-15(25)18(27)23-13(6-3-4-9-21)17(26)24-14(8-11-31)20(29)30/h12-16,31H,3-11,21-22H2,1-2H3,(H,23,27)(H,24,26)(H,29,30)/t13-,14+,15-,16-/m0/s1. The number of amides is 3. The van der Waals surface area contributed by atoms with Crippen molar-refractivity contribution in [2.75, 3.05) is 18.8 Å². The monoisotopic (exact) mass is 459 g/mol. The molecule has 1 saturated heterocycles. The van der Waals surface area contributed by atoms with Crippen LogP contribution in [0.25, 0.3) is 0 Å². The molecule has 0 aliphatic carbocycles. The Balaban J connectivity index is 2.89. The summed E-state index contributed by atoms with van der Waals surface area (Å²) in [5, 5.41) is 14.5. The average molecular weight is 460 g/mol. The minimum atomic E-state index is -1.16. The molecule has 1 rings (SSSR count). The summed E-state index contributed by atoms with van der Waals surface area (Å²) in [5.74, 6) is -2.23. The lowest BCUT2D eigenvalue weighted by Gasteiger charge is -2.29. The van der Waals surface area contributed by atoms with E-state index in [1.807, 2.05) is 13.8 Å². The van der Waals surface area contributed by atoms with Crippen LogP contribution in [0.15, 0.2) is 0 Å². The molecule has 11 heteroatoms. The number of rotatable bonds is 13. The van der Waals surface area contributed by atoms with Gasteiger partial charge in [0.2, 0.25) is 17.7 Å². The highest BCUT2D eigenvalue weighted by atomic mass is 32.1. The van der Waals surface area contributed by atoms with Gasteiger partial charge in [-0.1, -0.05) is 13.8 Å². The normalized spacial score (nSPS) is 19.0. The van der Waals surface area contributed by atoms with E-state index < -0.39 is 42.0 Å². The summed E-state index contributed by atoms with van der Waals surface area (Å²) in [6, 6.07) is -3.41. The lowest BCUT2D eigenvalue weighted by atomic mass is 10.0. The zero-order valence-corrected chi connectivity index (χ0v) is 19.3. The highest BCUT2D eigenvalue weighted by Gasteiger charge is 2.38. The number of carboxylic acid groups (broad SMARTS) is 1. The minimum absolute atomic E-state index is 0.0635. The largest absolute Gasteiger partial charge is 0.480 e. The Kier molecular flexibility index (Phi) is 11.9. The van der Waals surface area contributed by atoms with Crippen LogP contribution >= 0.6 is 12.6 Å². The molecule has 0 spiro atoms. The summed E-state index contributed by atoms with van der Waals surface area (Å²) >= 11 is 4.03. The number of carbonyl (C=O) groups excluding carboxylic acids is 3. The van der Waals surface area contributed by atoms with E-state index in [0.717, 1.165) is 0 Å². The maximum absolute atomic E-state index is 13.0. The molecule has 1 aliphatic rings. The van der Waals surface area contributed by atoms with Gasteiger partial charge in [-0.3, -0.25) is 14.4 Å². The Morgan fingerprint density at radius 1 is 1.13 bits per heavy atom. The number of nitrogens with one attached hydrogen (secondary N) is 2. The Morgan fingerprint density at radius 2 is 1.81 bits per heavy atom. The van der Waals surface area contributed by atoms with Gasteiger partial charge in [0, 0.05) is 6.54 Å². The maximum Gasteiger partial charge on any atom is 0.326 e. The summed E-state index contributed by atoms with van der Waals surface area (Å²) in [6.45, 7) is 4.56. The van der Waals surface area contributed by atoms with Crippen molar-refractivity contribution in [3.63, 3.8) is 0 Å². The van der Waals surface area contributed by atoms with Crippen molar-refractivity contribution in [2.45, 2.75) is 76.5 Å². The third-order valence-electron chi connectivity index (χ3n) is 5.45. The molecule has 31 heavy (non-hydrogen) atoms. The van der Waals surface area contributed by atoms with Crippen molar-refractivity contribution in [1.29, 1.82) is 0 Å². The molecule has 0 aromatic heterocycles. The third kappa shape index (κ3) is 8.30. The molecule has 1 aliphatic heterocycles. The van der Waals surface area contributed by atoms with Crippen LogP contribution in [-0.4, -0.2) is 76.7 Å². The lowest BCUT2D eigenvalue weighted by molar-refractivity contribution is -0.143. The predicted molar refractivity (Wildman–Crippen MR) is 120 cm³/mol. The first-order valence-corrected chi connectivity index (χ1v) is 11.5. The zero-order chi connectivity index (χ0) is 23.6. The Bertz CT molecular complexity index is 633. The van der Waals surface area contributed by atoms with E-state index in [-0.39, 0.29) is 24.0 Å². The van der Waals surface area contributed by atoms with Gasteiger partial charge >= 0.3 is 5.97 Å². The summed E-state index contributed by atoms with van der Waals surface area (Å²) in [5.41, 5.74) is 11.5. The lowest BCUT2D eigenvalue weighted by Crippen LogP contribution is -2.57. The van der Waals surface area contributed by atoms with Crippen molar-refractivity contribution >= 4 is 36.3 Å². The molecule has 3 amide bonds. The predicted octanol–water partition coefficient (Wildman–Crippen LogP) is -0.536. The molecule has 178 valence electrons. The summed E-state index contributed by atoms with van der Waals surface area (Å²) < 4.78 is 0. The van der Waals surface area contributed by atoms with Crippen LogP contribution < -0.4 is 22.1 Å². The van der Waals surface area contributed by atoms with E-state index in [1.165, 1.54) is 4.90 Å². The van der Waals surface area contributed by atoms with Crippen molar-refractivity contribution in [2.24, 2.45) is 17.4 Å². The van der Waals surface area contributed by atoms with Crippen LogP contribution in [0.5, 0.6) is 0 Å². The molecule has 1 fully saturated rings. The van der Waals surface area contributed by atoms with Crippen molar-refractivity contribution < 1.29 is 24.3 Å². The van der Waals surface area contributed by atoms with Crippen LogP contribution in [0.1, 0.15) is 52.4 Å². The number of hydrogen-bond donors (Lipinski definition) is 6. The highest BCUT2D eigenvalue weighted by molar-refractivity contribution is 7.80. The van der Waals surface area contributed by atoms with Crippen molar-refractivity contribution in [3.8, 4) is 0 Å². The minimum Gasteiger partial charge on any atom is -0.480 e. The van der Waals surface area contributed by atoms with Crippen LogP contribution in [0.4, 0.5) is 0 Å². The first-order valence-electron chi connectivity index (χ1n) is 10.8. The number of carboxylic acids is 1. The van der Waals surface area contributed by atoms with Crippen LogP contribution in [0.3, 0.4) is 0 Å². The SMILES string of the molecule is CC(C)[C@H](N)C(=O)N1CCC[C@H]1C(=O)N[C@@H](CCCCN)C(=O)N[C@H](CCS)C(=O)O. The molecule has 0 aromatic rings. The van der Waals surface area contributed by atoms with Crippen LogP contribution in [0.2, 0.25) is 0 Å². The second-order valence-corrected chi connectivity index (χ2v) is 8.66. The van der Waals surface area contributed by atoms with E-state index in [1.54, 1.807) is 0 Å². The van der Waals surface area contributed by atoms with Gasteiger partial charge < -0.3 is 32.1 Å². The Morgan fingerprint density at radius 3 is 2.35 bits per heavy atom. The smallest absolute Gasteiger partial charge is 0.326 e. The fraction of sp³-hybridized carbons (Fsp3) is 0.800. The molecule has 1 heterocycles. The van der Waals surface area contributed by atoms with Gasteiger partial charge in [0.05, 0.1) is 6.04 Å². The van der Waals surface area contributed by atoms with Gasteiger partial charge in [0.25, 0.3) is 0 Å². The van der Waals surface area contributed by atoms with E-state index in [9.17, 15) is 24.3 Å². The Labute approximate surface area is 189 Å². The first kappa shape index (κ1) is 27.2. The fourth-order valence-corrected chi connectivity index (χ4v) is 3.73. The number of unbranched alkanes of at least 4 members (excludes halogenated alkanes) is 1. The second-order valence-electron chi connectivity index (χ2n) is 8.22. The first-order chi connectivity index (χ1) is 14.6. The van der Waals surface area contributed by atoms with Crippen molar-refractivity contribution in [1.82, 2.24) is 15.5 Å². The van der Waals surface area contributed by atoms with Crippen LogP contribution in [0, 0.1) is 5.92 Å². The molecule has 0 bridgehead atoms. The number of hydrogen-bond acceptors (Lipinski definition) is 7. The molecule has 7 N–H and O–H groups in total. The van der Waals surface area contributed by atoms with Gasteiger partial charge in [-0.05, 0) is 56.7 Å². The molecular weight excluding hydrogens is 422 g/mol. The topological polar surface area (TPSA) is 168 Å². The quantitative estimate of drug-likeness (QED) is 0.159. The number of aliphatic carboxylic acids is 1. The number of nitrogens with zero attached hydrogens (tertiary/aromatic N) is 1. The van der Waals surface area contributed by atoms with E-state index in [4.69, 9.17) is 11.5 Å². The van der Waals surface area contributed by atoms with Gasteiger partial charge in [0.1, 0.15) is 18.1 Å². The molecule has 10 nitrogen and oxygen atoms in total. The molecule has 0 radical (unpaired) electrons. The van der Waals surface area contributed by atoms with Gasteiger partial charge in [-0.15, -0.1) is 0 Å². The molecule has 0 saturated carbocycles. The fourth-order valence-electron chi connectivity index (χ4n) is 3.47. The van der Waals surface area contributed by atoms with Crippen LogP contribution in [-0.2, 0) is 19.2 Å². The van der Waals surface area contributed by atoms with Crippen molar-refractivity contribution in [3.05, 3.63) is 0 Å². The third-order valence-corrected chi connectivity index (χ3v) is 5.71. The summed E-state index contributed by atoms with van der Waals surface area (Å²) in [4.78, 5) is 51.2. The van der Waals surface area contributed by atoms with E-state index in [2.05, 4.69) is 23.3 Å². The number of nitrogens with two attached hydrogens (primary N) is 2. The summed E-state index contributed by atoms with van der Waals surface area (Å²) in [6.07, 6.45) is 2.87. The van der Waals surface area contributed by atoms with Gasteiger partial charge in [0.15, 0.2) is 0 Å². The highest BCUT2D eigenvalue weighted by Crippen LogP contribution is 2.20.